The Morgan fingerprint density at radius 1 is 1.60 bits per heavy atom. The van der Waals surface area contributed by atoms with Crippen LogP contribution in [0.5, 0.6) is 0 Å². The number of halogens is 1. The van der Waals surface area contributed by atoms with E-state index >= 15 is 0 Å². The largest absolute Gasteiger partial charge is 0.478 e. The predicted molar refractivity (Wildman–Crippen MR) is 74.6 cm³/mol. The fourth-order valence-corrected chi connectivity index (χ4v) is 2.56. The minimum absolute atomic E-state index is 0.177. The van der Waals surface area contributed by atoms with Crippen LogP contribution < -0.4 is 10.6 Å². The molecule has 1 atom stereocenters. The van der Waals surface area contributed by atoms with E-state index in [1.807, 2.05) is 0 Å². The van der Waals surface area contributed by atoms with E-state index in [4.69, 9.17) is 10.5 Å². The summed E-state index contributed by atoms with van der Waals surface area (Å²) in [5.74, 6) is -1.58. The van der Waals surface area contributed by atoms with Gasteiger partial charge in [-0.15, -0.1) is 0 Å². The molecule has 1 heterocycles. The quantitative estimate of drug-likeness (QED) is 0.826. The van der Waals surface area contributed by atoms with E-state index in [-0.39, 0.29) is 11.3 Å². The Bertz CT molecular complexity index is 501. The van der Waals surface area contributed by atoms with E-state index in [0.717, 1.165) is 19.4 Å². The van der Waals surface area contributed by atoms with Crippen LogP contribution in [0.3, 0.4) is 0 Å². The van der Waals surface area contributed by atoms with Crippen LogP contribution in [-0.4, -0.2) is 37.9 Å². The van der Waals surface area contributed by atoms with Crippen LogP contribution in [0.2, 0.25) is 0 Å². The number of nitrogens with two attached hydrogens (primary N) is 1. The summed E-state index contributed by atoms with van der Waals surface area (Å²) < 4.78 is 18.8. The number of carbonyl (C=O) groups is 1. The number of nitrogens with zero attached hydrogens (tertiary/aromatic N) is 1. The molecule has 20 heavy (non-hydrogen) atoms. The Morgan fingerprint density at radius 2 is 2.35 bits per heavy atom. The highest BCUT2D eigenvalue weighted by Gasteiger charge is 2.22. The van der Waals surface area contributed by atoms with Crippen LogP contribution in [0.25, 0.3) is 0 Å². The molecule has 0 saturated carbocycles. The van der Waals surface area contributed by atoms with Crippen molar-refractivity contribution in [3.63, 3.8) is 0 Å². The maximum atomic E-state index is 13.4. The number of hydrogen-bond acceptors (Lipinski definition) is 4. The minimum atomic E-state index is -1.22. The number of ether oxygens (including phenoxy) is 1. The Kier molecular flexibility index (Phi) is 4.44. The lowest BCUT2D eigenvalue weighted by Crippen LogP contribution is -2.32. The number of aromatic carboxylic acids is 1. The van der Waals surface area contributed by atoms with E-state index in [2.05, 4.69) is 0 Å². The molecule has 110 valence electrons. The average molecular weight is 282 g/mol. The van der Waals surface area contributed by atoms with Gasteiger partial charge in [0, 0.05) is 20.2 Å². The van der Waals surface area contributed by atoms with E-state index in [0.29, 0.717) is 24.8 Å². The first kappa shape index (κ1) is 14.6. The maximum Gasteiger partial charge on any atom is 0.340 e. The van der Waals surface area contributed by atoms with Crippen molar-refractivity contribution in [2.24, 2.45) is 5.92 Å². The van der Waals surface area contributed by atoms with Gasteiger partial charge in [0.05, 0.1) is 18.0 Å². The summed E-state index contributed by atoms with van der Waals surface area (Å²) in [6.07, 6.45) is 2.05. The first-order valence-corrected chi connectivity index (χ1v) is 6.61. The van der Waals surface area contributed by atoms with Crippen molar-refractivity contribution in [3.8, 4) is 0 Å². The highest BCUT2D eigenvalue weighted by molar-refractivity contribution is 6.00. The zero-order valence-electron chi connectivity index (χ0n) is 11.4. The number of carboxylic acid groups (broad SMARTS) is 1. The third-order valence-electron chi connectivity index (χ3n) is 3.58. The van der Waals surface area contributed by atoms with Gasteiger partial charge < -0.3 is 20.5 Å². The second kappa shape index (κ2) is 6.09. The number of nitrogen functional groups attached to an aromatic ring is 1. The molecule has 1 aromatic carbocycles. The van der Waals surface area contributed by atoms with E-state index in [9.17, 15) is 14.3 Å². The van der Waals surface area contributed by atoms with Crippen LogP contribution in [0.4, 0.5) is 15.8 Å². The van der Waals surface area contributed by atoms with Crippen LogP contribution in [0.1, 0.15) is 23.2 Å². The topological polar surface area (TPSA) is 75.8 Å². The molecule has 1 unspecified atom stereocenters. The molecule has 0 aliphatic carbocycles. The molecule has 6 heteroatoms. The average Bonchev–Trinajstić information content (AvgIpc) is 2.42. The lowest BCUT2D eigenvalue weighted by atomic mass is 10.0. The zero-order valence-corrected chi connectivity index (χ0v) is 11.4. The van der Waals surface area contributed by atoms with Crippen molar-refractivity contribution in [2.45, 2.75) is 12.8 Å². The normalized spacial score (nSPS) is 18.8. The molecule has 1 aliphatic rings. The summed E-state index contributed by atoms with van der Waals surface area (Å²) in [5.41, 5.74) is 5.49. The number of carboxylic acids is 1. The highest BCUT2D eigenvalue weighted by atomic mass is 19.1. The van der Waals surface area contributed by atoms with Gasteiger partial charge in [-0.05, 0) is 30.9 Å². The van der Waals surface area contributed by atoms with E-state index in [1.54, 1.807) is 11.9 Å². The monoisotopic (exact) mass is 282 g/mol. The Labute approximate surface area is 117 Å². The minimum Gasteiger partial charge on any atom is -0.478 e. The summed E-state index contributed by atoms with van der Waals surface area (Å²) in [4.78, 5) is 13.1. The Morgan fingerprint density at radius 3 is 2.95 bits per heavy atom. The van der Waals surface area contributed by atoms with Crippen molar-refractivity contribution < 1.29 is 19.0 Å². The molecular formula is C14H19FN2O3. The fourth-order valence-electron chi connectivity index (χ4n) is 2.56. The first-order chi connectivity index (χ1) is 9.50. The van der Waals surface area contributed by atoms with Gasteiger partial charge in [0.15, 0.2) is 0 Å². The van der Waals surface area contributed by atoms with Gasteiger partial charge in [-0.1, -0.05) is 0 Å². The molecule has 3 N–H and O–H groups in total. The van der Waals surface area contributed by atoms with Crippen LogP contribution in [0, 0.1) is 11.7 Å². The second-order valence-electron chi connectivity index (χ2n) is 5.12. The summed E-state index contributed by atoms with van der Waals surface area (Å²) >= 11 is 0. The molecule has 1 aromatic rings. The first-order valence-electron chi connectivity index (χ1n) is 6.61. The zero-order chi connectivity index (χ0) is 14.7. The van der Waals surface area contributed by atoms with Crippen LogP contribution in [-0.2, 0) is 4.74 Å². The molecule has 0 spiro atoms. The Hall–Kier alpha value is -1.82. The highest BCUT2D eigenvalue weighted by Crippen LogP contribution is 2.29. The van der Waals surface area contributed by atoms with Crippen LogP contribution in [0.15, 0.2) is 12.1 Å². The number of rotatable bonds is 4. The summed E-state index contributed by atoms with van der Waals surface area (Å²) in [5, 5.41) is 9.23. The van der Waals surface area contributed by atoms with Gasteiger partial charge >= 0.3 is 5.97 Å². The molecule has 0 aromatic heterocycles. The second-order valence-corrected chi connectivity index (χ2v) is 5.12. The summed E-state index contributed by atoms with van der Waals surface area (Å²) in [6, 6.07) is 2.66. The van der Waals surface area contributed by atoms with Gasteiger partial charge in [0.1, 0.15) is 11.4 Å². The smallest absolute Gasteiger partial charge is 0.340 e. The standard InChI is InChI=1S/C14H19FN2O3/c1-17(7-9-3-2-6-20-8-9)11-5-4-10(15)13(16)12(11)14(18)19/h4-5,9H,2-3,6-8,16H2,1H3,(H,18,19). The van der Waals surface area contributed by atoms with Crippen molar-refractivity contribution in [2.75, 3.05) is 37.4 Å². The van der Waals surface area contributed by atoms with Crippen molar-refractivity contribution >= 4 is 17.3 Å². The summed E-state index contributed by atoms with van der Waals surface area (Å²) in [6.45, 7) is 2.11. The SMILES string of the molecule is CN(CC1CCCOC1)c1ccc(F)c(N)c1C(=O)O. The van der Waals surface area contributed by atoms with Gasteiger partial charge in [-0.3, -0.25) is 0 Å². The predicted octanol–water partition coefficient (Wildman–Crippen LogP) is 1.97. The van der Waals surface area contributed by atoms with Gasteiger partial charge in [0.2, 0.25) is 0 Å². The van der Waals surface area contributed by atoms with E-state index < -0.39 is 11.8 Å². The molecule has 1 saturated heterocycles. The van der Waals surface area contributed by atoms with Crippen molar-refractivity contribution in [1.29, 1.82) is 0 Å². The summed E-state index contributed by atoms with van der Waals surface area (Å²) in [7, 11) is 1.79. The lowest BCUT2D eigenvalue weighted by molar-refractivity contribution is 0.0576. The Balaban J connectivity index is 2.22. The number of hydrogen-bond donors (Lipinski definition) is 2. The number of anilines is 2. The van der Waals surface area contributed by atoms with E-state index in [1.165, 1.54) is 12.1 Å². The number of benzene rings is 1. The maximum absolute atomic E-state index is 13.4. The molecule has 1 fully saturated rings. The lowest BCUT2D eigenvalue weighted by Gasteiger charge is -2.29. The van der Waals surface area contributed by atoms with Gasteiger partial charge in [0.25, 0.3) is 0 Å². The molecule has 2 rings (SSSR count). The fraction of sp³-hybridized carbons (Fsp3) is 0.500. The van der Waals surface area contributed by atoms with Crippen molar-refractivity contribution in [3.05, 3.63) is 23.5 Å². The molecule has 0 bridgehead atoms. The van der Waals surface area contributed by atoms with Crippen molar-refractivity contribution in [1.82, 2.24) is 0 Å². The molecule has 0 radical (unpaired) electrons. The molecule has 1 aliphatic heterocycles. The van der Waals surface area contributed by atoms with Gasteiger partial charge in [-0.25, -0.2) is 9.18 Å². The molecular weight excluding hydrogens is 263 g/mol. The van der Waals surface area contributed by atoms with Gasteiger partial charge in [-0.2, -0.15) is 0 Å². The third-order valence-corrected chi connectivity index (χ3v) is 3.58. The third kappa shape index (κ3) is 3.01. The molecule has 5 nitrogen and oxygen atoms in total. The molecule has 0 amide bonds. The van der Waals surface area contributed by atoms with Crippen LogP contribution >= 0.6 is 0 Å².